The molecule has 1 aliphatic carbocycles. The largest absolute Gasteiger partial charge is 0.477 e. The number of carbonyl (C=O) groups is 2. The zero-order valence-corrected chi connectivity index (χ0v) is 9.55. The Labute approximate surface area is 97.3 Å². The summed E-state index contributed by atoms with van der Waals surface area (Å²) in [6, 6.07) is 3.15. The van der Waals surface area contributed by atoms with Crippen LogP contribution in [-0.2, 0) is 4.79 Å². The highest BCUT2D eigenvalue weighted by molar-refractivity contribution is 7.18. The third-order valence-corrected chi connectivity index (χ3v) is 3.78. The SMILES string of the molecule is O=C(O)c1ccc(NC(=O)C2CCCC2)s1. The number of carbonyl (C=O) groups excluding carboxylic acids is 1. The fourth-order valence-corrected chi connectivity index (χ4v) is 2.68. The zero-order chi connectivity index (χ0) is 11.5. The maximum atomic E-state index is 11.7. The first-order valence-electron chi connectivity index (χ1n) is 5.31. The standard InChI is InChI=1S/C11H13NO3S/c13-10(7-3-1-2-4-7)12-9-6-5-8(16-9)11(14)15/h5-7H,1-4H2,(H,12,13)(H,14,15). The van der Waals surface area contributed by atoms with E-state index in [2.05, 4.69) is 5.32 Å². The van der Waals surface area contributed by atoms with Crippen molar-refractivity contribution >= 4 is 28.2 Å². The summed E-state index contributed by atoms with van der Waals surface area (Å²) >= 11 is 1.10. The number of carboxylic acids is 1. The molecule has 1 heterocycles. The first-order chi connectivity index (χ1) is 7.66. The number of amides is 1. The molecule has 1 aromatic heterocycles. The molecule has 1 aromatic rings. The normalized spacial score (nSPS) is 16.2. The summed E-state index contributed by atoms with van der Waals surface area (Å²) in [6.45, 7) is 0. The molecule has 0 atom stereocenters. The quantitative estimate of drug-likeness (QED) is 0.852. The lowest BCUT2D eigenvalue weighted by molar-refractivity contribution is -0.119. The minimum atomic E-state index is -0.952. The van der Waals surface area contributed by atoms with E-state index in [1.54, 1.807) is 6.07 Å². The van der Waals surface area contributed by atoms with Crippen LogP contribution < -0.4 is 5.32 Å². The van der Waals surface area contributed by atoms with Crippen molar-refractivity contribution < 1.29 is 14.7 Å². The van der Waals surface area contributed by atoms with E-state index in [1.165, 1.54) is 6.07 Å². The Hall–Kier alpha value is -1.36. The Morgan fingerprint density at radius 3 is 2.56 bits per heavy atom. The van der Waals surface area contributed by atoms with Crippen molar-refractivity contribution in [3.8, 4) is 0 Å². The van der Waals surface area contributed by atoms with Gasteiger partial charge in [-0.3, -0.25) is 4.79 Å². The minimum absolute atomic E-state index is 0.0243. The minimum Gasteiger partial charge on any atom is -0.477 e. The zero-order valence-electron chi connectivity index (χ0n) is 8.73. The summed E-state index contributed by atoms with van der Waals surface area (Å²) < 4.78 is 0. The lowest BCUT2D eigenvalue weighted by Crippen LogP contribution is -2.19. The molecule has 86 valence electrons. The van der Waals surface area contributed by atoms with Crippen molar-refractivity contribution in [2.45, 2.75) is 25.7 Å². The molecule has 1 saturated carbocycles. The third-order valence-electron chi connectivity index (χ3n) is 2.79. The first-order valence-corrected chi connectivity index (χ1v) is 6.12. The van der Waals surface area contributed by atoms with Gasteiger partial charge in [-0.25, -0.2) is 4.79 Å². The number of nitrogens with one attached hydrogen (secondary N) is 1. The molecule has 0 aromatic carbocycles. The van der Waals surface area contributed by atoms with Crippen LogP contribution in [0.3, 0.4) is 0 Å². The number of anilines is 1. The van der Waals surface area contributed by atoms with Gasteiger partial charge in [0, 0.05) is 5.92 Å². The second kappa shape index (κ2) is 4.65. The third kappa shape index (κ3) is 2.41. The van der Waals surface area contributed by atoms with Crippen molar-refractivity contribution in [2.75, 3.05) is 5.32 Å². The maximum absolute atomic E-state index is 11.7. The van der Waals surface area contributed by atoms with Crippen LogP contribution in [0.1, 0.15) is 35.4 Å². The number of hydrogen-bond donors (Lipinski definition) is 2. The molecule has 0 bridgehead atoms. The molecule has 2 rings (SSSR count). The fraction of sp³-hybridized carbons (Fsp3) is 0.455. The van der Waals surface area contributed by atoms with Crippen molar-refractivity contribution in [3.05, 3.63) is 17.0 Å². The lowest BCUT2D eigenvalue weighted by Gasteiger charge is -2.07. The number of hydrogen-bond acceptors (Lipinski definition) is 3. The van der Waals surface area contributed by atoms with Crippen LogP contribution in [-0.4, -0.2) is 17.0 Å². The van der Waals surface area contributed by atoms with Crippen molar-refractivity contribution in [3.63, 3.8) is 0 Å². The highest BCUT2D eigenvalue weighted by atomic mass is 32.1. The Morgan fingerprint density at radius 2 is 2.00 bits per heavy atom. The molecule has 1 fully saturated rings. The van der Waals surface area contributed by atoms with Crippen molar-refractivity contribution in [1.82, 2.24) is 0 Å². The molecule has 1 amide bonds. The molecule has 0 aliphatic heterocycles. The molecular formula is C11H13NO3S. The smallest absolute Gasteiger partial charge is 0.345 e. The molecule has 4 nitrogen and oxygen atoms in total. The number of carboxylic acid groups (broad SMARTS) is 1. The van der Waals surface area contributed by atoms with Gasteiger partial charge in [-0.1, -0.05) is 12.8 Å². The van der Waals surface area contributed by atoms with Gasteiger partial charge in [-0.15, -0.1) is 11.3 Å². The van der Waals surface area contributed by atoms with E-state index in [0.29, 0.717) is 5.00 Å². The van der Waals surface area contributed by atoms with Gasteiger partial charge in [0.05, 0.1) is 5.00 Å². The summed E-state index contributed by atoms with van der Waals surface area (Å²) in [5.74, 6) is -0.821. The summed E-state index contributed by atoms with van der Waals surface area (Å²) in [6.07, 6.45) is 4.12. The molecule has 0 unspecified atom stereocenters. The number of rotatable bonds is 3. The van der Waals surface area contributed by atoms with Crippen LogP contribution in [0, 0.1) is 5.92 Å². The monoisotopic (exact) mass is 239 g/mol. The molecule has 0 spiro atoms. The van der Waals surface area contributed by atoms with E-state index in [4.69, 9.17) is 5.11 Å². The van der Waals surface area contributed by atoms with Crippen LogP contribution in [0.25, 0.3) is 0 Å². The average molecular weight is 239 g/mol. The predicted molar refractivity (Wildman–Crippen MR) is 61.9 cm³/mol. The van der Waals surface area contributed by atoms with Crippen molar-refractivity contribution in [2.24, 2.45) is 5.92 Å². The van der Waals surface area contributed by atoms with Gasteiger partial charge in [0.1, 0.15) is 4.88 Å². The molecule has 1 aliphatic rings. The lowest BCUT2D eigenvalue weighted by atomic mass is 10.1. The van der Waals surface area contributed by atoms with Crippen LogP contribution in [0.5, 0.6) is 0 Å². The number of aromatic carboxylic acids is 1. The van der Waals surface area contributed by atoms with Crippen LogP contribution in [0.15, 0.2) is 12.1 Å². The Morgan fingerprint density at radius 1 is 1.31 bits per heavy atom. The molecule has 0 radical (unpaired) electrons. The van der Waals surface area contributed by atoms with Gasteiger partial charge in [-0.2, -0.15) is 0 Å². The Kier molecular flexibility index (Phi) is 3.24. The summed E-state index contributed by atoms with van der Waals surface area (Å²) in [7, 11) is 0. The second-order valence-electron chi connectivity index (χ2n) is 3.94. The van der Waals surface area contributed by atoms with Crippen LogP contribution in [0.2, 0.25) is 0 Å². The molecule has 5 heteroatoms. The highest BCUT2D eigenvalue weighted by Gasteiger charge is 2.23. The Balaban J connectivity index is 1.97. The Bertz CT molecular complexity index is 407. The molecular weight excluding hydrogens is 226 g/mol. The predicted octanol–water partition coefficient (Wildman–Crippen LogP) is 2.58. The van der Waals surface area contributed by atoms with E-state index in [0.717, 1.165) is 37.0 Å². The maximum Gasteiger partial charge on any atom is 0.345 e. The van der Waals surface area contributed by atoms with Gasteiger partial charge < -0.3 is 10.4 Å². The summed E-state index contributed by atoms with van der Waals surface area (Å²) in [5.41, 5.74) is 0. The van der Waals surface area contributed by atoms with Crippen molar-refractivity contribution in [1.29, 1.82) is 0 Å². The first kappa shape index (κ1) is 11.1. The van der Waals surface area contributed by atoms with Crippen LogP contribution in [0.4, 0.5) is 5.00 Å². The average Bonchev–Trinajstić information content (AvgIpc) is 2.87. The van der Waals surface area contributed by atoms with E-state index >= 15 is 0 Å². The van der Waals surface area contributed by atoms with E-state index in [1.807, 2.05) is 0 Å². The van der Waals surface area contributed by atoms with Gasteiger partial charge >= 0.3 is 5.97 Å². The summed E-state index contributed by atoms with van der Waals surface area (Å²) in [5, 5.41) is 12.1. The second-order valence-corrected chi connectivity index (χ2v) is 5.02. The molecule has 0 saturated heterocycles. The molecule has 2 N–H and O–H groups in total. The number of thiophene rings is 1. The fourth-order valence-electron chi connectivity index (χ4n) is 1.93. The molecule has 16 heavy (non-hydrogen) atoms. The van der Waals surface area contributed by atoms with Gasteiger partial charge in [0.25, 0.3) is 0 Å². The van der Waals surface area contributed by atoms with E-state index in [-0.39, 0.29) is 16.7 Å². The topological polar surface area (TPSA) is 66.4 Å². The van der Waals surface area contributed by atoms with Crippen LogP contribution >= 0.6 is 11.3 Å². The van der Waals surface area contributed by atoms with Gasteiger partial charge in [0.2, 0.25) is 5.91 Å². The highest BCUT2D eigenvalue weighted by Crippen LogP contribution is 2.28. The van der Waals surface area contributed by atoms with E-state index < -0.39 is 5.97 Å². The van der Waals surface area contributed by atoms with Gasteiger partial charge in [-0.05, 0) is 25.0 Å². The van der Waals surface area contributed by atoms with E-state index in [9.17, 15) is 9.59 Å². The van der Waals surface area contributed by atoms with Gasteiger partial charge in [0.15, 0.2) is 0 Å². The summed E-state index contributed by atoms with van der Waals surface area (Å²) in [4.78, 5) is 22.6.